The van der Waals surface area contributed by atoms with E-state index in [9.17, 15) is 32.4 Å². The van der Waals surface area contributed by atoms with Gasteiger partial charge in [-0.15, -0.1) is 6.58 Å². The second-order valence-corrected chi connectivity index (χ2v) is 13.1. The molecule has 0 spiro atoms. The van der Waals surface area contributed by atoms with Crippen molar-refractivity contribution in [2.24, 2.45) is 0 Å². The molecule has 1 rings (SSSR count). The van der Waals surface area contributed by atoms with Crippen LogP contribution in [0.2, 0.25) is 0 Å². The first-order chi connectivity index (χ1) is 14.0. The highest BCUT2D eigenvalue weighted by Crippen LogP contribution is 2.34. The minimum Gasteiger partial charge on any atom is -0.258 e. The Kier molecular flexibility index (Phi) is 8.27. The second-order valence-electron chi connectivity index (χ2n) is 8.67. The quantitative estimate of drug-likeness (QED) is 0.313. The van der Waals surface area contributed by atoms with Crippen LogP contribution >= 0.6 is 0 Å². The van der Waals surface area contributed by atoms with Gasteiger partial charge in [-0.05, 0) is 53.5 Å². The molecule has 11 heteroatoms. The summed E-state index contributed by atoms with van der Waals surface area (Å²) in [4.78, 5) is 10.5. The Bertz CT molecular complexity index is 1030. The highest BCUT2D eigenvalue weighted by atomic mass is 32.2. The van der Waals surface area contributed by atoms with Crippen LogP contribution in [0.5, 0.6) is 0 Å². The molecule has 0 saturated carbocycles. The monoisotopic (exact) mass is 473 g/mol. The molecule has 0 aliphatic carbocycles. The standard InChI is InChI=1S/C20H28FN3O5S2/c1-7-8-11-19(5,13-22)31(28,29)14-20(6,23-30(27)18(2,3)4)16-12-15(24(25)26)9-10-17(16)21/h7,9-10,12,23H,1,8,11,14H2,2-6H3/t19-,20+,30?/m1/s1. The van der Waals surface area contributed by atoms with E-state index in [1.807, 2.05) is 6.07 Å². The average molecular weight is 474 g/mol. The first kappa shape index (κ1) is 26.9. The minimum atomic E-state index is -4.23. The minimum absolute atomic E-state index is 0.0365. The van der Waals surface area contributed by atoms with Crippen LogP contribution in [-0.2, 0) is 26.4 Å². The SMILES string of the molecule is C=CCC[C@](C)(C#N)S(=O)(=O)C[C@](C)(NS(=O)C(C)(C)C)c1cc([N+](=O)[O-])ccc1F. The number of benzene rings is 1. The molecule has 0 heterocycles. The van der Waals surface area contributed by atoms with Crippen molar-refractivity contribution in [2.75, 3.05) is 5.75 Å². The number of hydrogen-bond donors (Lipinski definition) is 1. The Morgan fingerprint density at radius 3 is 2.35 bits per heavy atom. The van der Waals surface area contributed by atoms with E-state index in [4.69, 9.17) is 0 Å². The van der Waals surface area contributed by atoms with Gasteiger partial charge in [0.25, 0.3) is 5.69 Å². The fourth-order valence-electron chi connectivity index (χ4n) is 2.77. The Morgan fingerprint density at radius 2 is 1.90 bits per heavy atom. The van der Waals surface area contributed by atoms with Gasteiger partial charge < -0.3 is 0 Å². The van der Waals surface area contributed by atoms with Gasteiger partial charge in [0.2, 0.25) is 0 Å². The van der Waals surface area contributed by atoms with E-state index < -0.39 is 58.0 Å². The molecule has 0 aromatic heterocycles. The Hall–Kier alpha value is -2.16. The molecular weight excluding hydrogens is 445 g/mol. The fourth-order valence-corrected chi connectivity index (χ4v) is 5.63. The number of non-ortho nitro benzene ring substituents is 1. The molecule has 1 unspecified atom stereocenters. The summed E-state index contributed by atoms with van der Waals surface area (Å²) in [5.74, 6) is -1.70. The summed E-state index contributed by atoms with van der Waals surface area (Å²) in [5, 5.41) is 20.8. The van der Waals surface area contributed by atoms with Crippen LogP contribution in [0.3, 0.4) is 0 Å². The molecule has 0 bridgehead atoms. The molecular formula is C20H28FN3O5S2. The summed E-state index contributed by atoms with van der Waals surface area (Å²) in [7, 11) is -6.09. The summed E-state index contributed by atoms with van der Waals surface area (Å²) >= 11 is 0. The van der Waals surface area contributed by atoms with Gasteiger partial charge in [-0.25, -0.2) is 21.7 Å². The van der Waals surface area contributed by atoms with Gasteiger partial charge in [0.1, 0.15) is 5.82 Å². The predicted octanol–water partition coefficient (Wildman–Crippen LogP) is 3.66. The highest BCUT2D eigenvalue weighted by molar-refractivity contribution is 7.93. The molecule has 0 aliphatic rings. The van der Waals surface area contributed by atoms with E-state index >= 15 is 0 Å². The van der Waals surface area contributed by atoms with Crippen LogP contribution in [0.4, 0.5) is 10.1 Å². The van der Waals surface area contributed by atoms with Gasteiger partial charge in [-0.3, -0.25) is 10.1 Å². The largest absolute Gasteiger partial charge is 0.269 e. The van der Waals surface area contributed by atoms with Crippen LogP contribution in [0.1, 0.15) is 53.0 Å². The van der Waals surface area contributed by atoms with Crippen molar-refractivity contribution in [1.82, 2.24) is 4.72 Å². The number of sulfone groups is 1. The van der Waals surface area contributed by atoms with Crippen LogP contribution in [0.25, 0.3) is 0 Å². The maximum atomic E-state index is 14.8. The van der Waals surface area contributed by atoms with E-state index in [0.29, 0.717) is 0 Å². The lowest BCUT2D eigenvalue weighted by Crippen LogP contribution is -2.53. The zero-order chi connectivity index (χ0) is 24.3. The maximum absolute atomic E-state index is 14.8. The zero-order valence-corrected chi connectivity index (χ0v) is 19.9. The molecule has 172 valence electrons. The predicted molar refractivity (Wildman–Crippen MR) is 119 cm³/mol. The van der Waals surface area contributed by atoms with Gasteiger partial charge in [0.05, 0.1) is 38.0 Å². The summed E-state index contributed by atoms with van der Waals surface area (Å²) in [6.45, 7) is 11.0. The van der Waals surface area contributed by atoms with Crippen LogP contribution in [0.15, 0.2) is 30.9 Å². The van der Waals surface area contributed by atoms with Crippen molar-refractivity contribution in [3.8, 4) is 6.07 Å². The molecule has 0 saturated heterocycles. The first-order valence-electron chi connectivity index (χ1n) is 9.41. The summed E-state index contributed by atoms with van der Waals surface area (Å²) in [5.41, 5.74) is -2.59. The maximum Gasteiger partial charge on any atom is 0.269 e. The zero-order valence-electron chi connectivity index (χ0n) is 18.3. The molecule has 0 aliphatic heterocycles. The number of hydrogen-bond acceptors (Lipinski definition) is 6. The van der Waals surface area contributed by atoms with E-state index in [-0.39, 0.29) is 18.4 Å². The molecule has 1 N–H and O–H groups in total. The van der Waals surface area contributed by atoms with Gasteiger partial charge in [0, 0.05) is 17.7 Å². The molecule has 3 atom stereocenters. The van der Waals surface area contributed by atoms with Crippen LogP contribution < -0.4 is 4.72 Å². The Morgan fingerprint density at radius 1 is 1.32 bits per heavy atom. The smallest absolute Gasteiger partial charge is 0.258 e. The number of nitrogens with one attached hydrogen (secondary N) is 1. The van der Waals surface area contributed by atoms with Gasteiger partial charge >= 0.3 is 0 Å². The van der Waals surface area contributed by atoms with Crippen molar-refractivity contribution in [3.05, 3.63) is 52.3 Å². The molecule has 0 fully saturated rings. The Balaban J connectivity index is 3.68. The number of nitro groups is 1. The topological polar surface area (TPSA) is 130 Å². The number of rotatable bonds is 10. The fraction of sp³-hybridized carbons (Fsp3) is 0.550. The summed E-state index contributed by atoms with van der Waals surface area (Å²) in [6, 6.07) is 4.55. The first-order valence-corrected chi connectivity index (χ1v) is 12.2. The Labute approximate surface area is 185 Å². The molecule has 1 aromatic carbocycles. The molecule has 0 amide bonds. The van der Waals surface area contributed by atoms with E-state index in [1.54, 1.807) is 20.8 Å². The van der Waals surface area contributed by atoms with Crippen molar-refractivity contribution in [3.63, 3.8) is 0 Å². The molecule has 8 nitrogen and oxygen atoms in total. The lowest BCUT2D eigenvalue weighted by Gasteiger charge is -2.35. The van der Waals surface area contributed by atoms with Gasteiger partial charge in [-0.2, -0.15) is 5.26 Å². The number of halogens is 1. The number of nitriles is 1. The van der Waals surface area contributed by atoms with Crippen molar-refractivity contribution in [2.45, 2.75) is 62.5 Å². The van der Waals surface area contributed by atoms with E-state index in [1.165, 1.54) is 19.9 Å². The summed E-state index contributed by atoms with van der Waals surface area (Å²) in [6.07, 6.45) is 1.70. The third kappa shape index (κ3) is 6.18. The normalized spacial score (nSPS) is 17.1. The number of allylic oxidation sites excluding steroid dienone is 1. The molecule has 31 heavy (non-hydrogen) atoms. The average Bonchev–Trinajstić information content (AvgIpc) is 2.64. The summed E-state index contributed by atoms with van der Waals surface area (Å²) < 4.78 is 54.2. The van der Waals surface area contributed by atoms with Gasteiger partial charge in [0.15, 0.2) is 14.6 Å². The van der Waals surface area contributed by atoms with Gasteiger partial charge in [-0.1, -0.05) is 6.08 Å². The molecule has 1 aromatic rings. The van der Waals surface area contributed by atoms with E-state index in [2.05, 4.69) is 11.3 Å². The van der Waals surface area contributed by atoms with Crippen LogP contribution in [0, 0.1) is 27.3 Å². The highest BCUT2D eigenvalue weighted by Gasteiger charge is 2.46. The molecule has 0 radical (unpaired) electrons. The van der Waals surface area contributed by atoms with Crippen molar-refractivity contribution < 1.29 is 21.9 Å². The van der Waals surface area contributed by atoms with Crippen molar-refractivity contribution in [1.29, 1.82) is 5.26 Å². The lowest BCUT2D eigenvalue weighted by molar-refractivity contribution is -0.385. The third-order valence-electron chi connectivity index (χ3n) is 4.86. The second kappa shape index (κ2) is 9.54. The van der Waals surface area contributed by atoms with Crippen LogP contribution in [-0.4, -0.2) is 32.8 Å². The van der Waals surface area contributed by atoms with Crippen molar-refractivity contribution >= 4 is 26.5 Å². The third-order valence-corrected chi connectivity index (χ3v) is 9.23. The van der Waals surface area contributed by atoms with E-state index in [0.717, 1.165) is 18.2 Å². The number of nitro benzene ring substituents is 1. The number of nitrogens with zero attached hydrogens (tertiary/aromatic N) is 2. The lowest BCUT2D eigenvalue weighted by atomic mass is 9.94.